The molecular formula is C10H18N2O2. The molecule has 0 saturated heterocycles. The first-order valence-corrected chi connectivity index (χ1v) is 5.38. The lowest BCUT2D eigenvalue weighted by atomic mass is 9.89. The molecule has 0 aromatic heterocycles. The third-order valence-electron chi connectivity index (χ3n) is 3.13. The number of nitrogens with one attached hydrogen (secondary N) is 1. The zero-order valence-electron chi connectivity index (χ0n) is 8.28. The van der Waals surface area contributed by atoms with Gasteiger partial charge in [-0.3, -0.25) is 4.79 Å². The maximum absolute atomic E-state index is 11.4. The van der Waals surface area contributed by atoms with Crippen molar-refractivity contribution in [3.8, 4) is 0 Å². The van der Waals surface area contributed by atoms with Gasteiger partial charge in [0.25, 0.3) is 0 Å². The Bertz CT molecular complexity index is 222. The molecule has 2 saturated carbocycles. The fourth-order valence-electron chi connectivity index (χ4n) is 1.90. The predicted octanol–water partition coefficient (Wildman–Crippen LogP) is -0.247. The maximum Gasteiger partial charge on any atom is 0.221 e. The van der Waals surface area contributed by atoms with Crippen LogP contribution in [0.25, 0.3) is 0 Å². The number of amides is 1. The van der Waals surface area contributed by atoms with Gasteiger partial charge in [-0.05, 0) is 31.6 Å². The van der Waals surface area contributed by atoms with E-state index in [2.05, 4.69) is 5.32 Å². The van der Waals surface area contributed by atoms with Gasteiger partial charge in [0.05, 0.1) is 6.10 Å². The van der Waals surface area contributed by atoms with Crippen molar-refractivity contribution < 1.29 is 9.90 Å². The normalized spacial score (nSPS) is 33.3. The van der Waals surface area contributed by atoms with Crippen molar-refractivity contribution in [3.63, 3.8) is 0 Å². The number of hydrogen-bond acceptors (Lipinski definition) is 3. The van der Waals surface area contributed by atoms with Gasteiger partial charge in [-0.2, -0.15) is 0 Å². The highest BCUT2D eigenvalue weighted by Gasteiger charge is 2.32. The molecule has 4 N–H and O–H groups in total. The van der Waals surface area contributed by atoms with Crippen molar-refractivity contribution >= 4 is 5.91 Å². The van der Waals surface area contributed by atoms with Gasteiger partial charge >= 0.3 is 0 Å². The standard InChI is InChI=1S/C10H18N2O2/c11-9(6-1-2-6)5-10(14)12-7-3-8(13)4-7/h6-9,13H,1-5,11H2,(H,12,14). The van der Waals surface area contributed by atoms with Crippen molar-refractivity contribution in [3.05, 3.63) is 0 Å². The van der Waals surface area contributed by atoms with E-state index in [4.69, 9.17) is 10.8 Å². The Morgan fingerprint density at radius 1 is 1.50 bits per heavy atom. The summed E-state index contributed by atoms with van der Waals surface area (Å²) >= 11 is 0. The average molecular weight is 198 g/mol. The molecule has 2 rings (SSSR count). The second kappa shape index (κ2) is 3.87. The van der Waals surface area contributed by atoms with E-state index in [0.717, 1.165) is 0 Å². The van der Waals surface area contributed by atoms with Crippen LogP contribution in [0, 0.1) is 5.92 Å². The van der Waals surface area contributed by atoms with E-state index in [1.807, 2.05) is 0 Å². The van der Waals surface area contributed by atoms with Crippen LogP contribution in [0.4, 0.5) is 0 Å². The number of rotatable bonds is 4. The van der Waals surface area contributed by atoms with Crippen LogP contribution in [0.3, 0.4) is 0 Å². The molecule has 0 bridgehead atoms. The van der Waals surface area contributed by atoms with E-state index in [1.54, 1.807) is 0 Å². The molecule has 0 aliphatic heterocycles. The third-order valence-corrected chi connectivity index (χ3v) is 3.13. The molecule has 1 unspecified atom stereocenters. The summed E-state index contributed by atoms with van der Waals surface area (Å²) in [6.45, 7) is 0. The van der Waals surface area contributed by atoms with Crippen molar-refractivity contribution in [1.82, 2.24) is 5.32 Å². The smallest absolute Gasteiger partial charge is 0.221 e. The van der Waals surface area contributed by atoms with E-state index in [1.165, 1.54) is 12.8 Å². The molecule has 14 heavy (non-hydrogen) atoms. The summed E-state index contributed by atoms with van der Waals surface area (Å²) in [7, 11) is 0. The molecule has 1 amide bonds. The fourth-order valence-corrected chi connectivity index (χ4v) is 1.90. The zero-order chi connectivity index (χ0) is 10.1. The number of nitrogens with two attached hydrogens (primary N) is 1. The van der Waals surface area contributed by atoms with Crippen LogP contribution in [0.5, 0.6) is 0 Å². The van der Waals surface area contributed by atoms with Gasteiger partial charge in [0.2, 0.25) is 5.91 Å². The highest BCUT2D eigenvalue weighted by atomic mass is 16.3. The molecule has 0 heterocycles. The van der Waals surface area contributed by atoms with Crippen LogP contribution in [0.15, 0.2) is 0 Å². The van der Waals surface area contributed by atoms with Gasteiger partial charge < -0.3 is 16.2 Å². The third kappa shape index (κ3) is 2.45. The van der Waals surface area contributed by atoms with Gasteiger partial charge in [0, 0.05) is 18.5 Å². The summed E-state index contributed by atoms with van der Waals surface area (Å²) < 4.78 is 0. The Labute approximate surface area is 83.9 Å². The highest BCUT2D eigenvalue weighted by Crippen LogP contribution is 2.32. The van der Waals surface area contributed by atoms with Gasteiger partial charge in [0.1, 0.15) is 0 Å². The SMILES string of the molecule is NC(CC(=O)NC1CC(O)C1)C1CC1. The van der Waals surface area contributed by atoms with Gasteiger partial charge in [0.15, 0.2) is 0 Å². The Hall–Kier alpha value is -0.610. The Morgan fingerprint density at radius 3 is 2.64 bits per heavy atom. The van der Waals surface area contributed by atoms with Crippen molar-refractivity contribution in [1.29, 1.82) is 0 Å². The fraction of sp³-hybridized carbons (Fsp3) is 0.900. The first-order valence-electron chi connectivity index (χ1n) is 5.38. The lowest BCUT2D eigenvalue weighted by Gasteiger charge is -2.32. The zero-order valence-corrected chi connectivity index (χ0v) is 8.28. The summed E-state index contributed by atoms with van der Waals surface area (Å²) in [5.41, 5.74) is 5.83. The van der Waals surface area contributed by atoms with Crippen LogP contribution < -0.4 is 11.1 Å². The number of carbonyl (C=O) groups excluding carboxylic acids is 1. The summed E-state index contributed by atoms with van der Waals surface area (Å²) in [5, 5.41) is 11.9. The Morgan fingerprint density at radius 2 is 2.14 bits per heavy atom. The lowest BCUT2D eigenvalue weighted by Crippen LogP contribution is -2.48. The molecule has 2 fully saturated rings. The first-order chi connectivity index (χ1) is 6.65. The highest BCUT2D eigenvalue weighted by molar-refractivity contribution is 5.77. The lowest BCUT2D eigenvalue weighted by molar-refractivity contribution is -0.123. The monoisotopic (exact) mass is 198 g/mol. The predicted molar refractivity (Wildman–Crippen MR) is 52.5 cm³/mol. The summed E-state index contributed by atoms with van der Waals surface area (Å²) in [6, 6.07) is 0.226. The van der Waals surface area contributed by atoms with Crippen LogP contribution >= 0.6 is 0 Å². The Kier molecular flexibility index (Phi) is 2.74. The second-order valence-electron chi connectivity index (χ2n) is 4.60. The second-order valence-corrected chi connectivity index (χ2v) is 4.60. The van der Waals surface area contributed by atoms with Crippen molar-refractivity contribution in [2.24, 2.45) is 11.7 Å². The molecule has 0 spiro atoms. The molecule has 0 radical (unpaired) electrons. The molecule has 80 valence electrons. The van der Waals surface area contributed by atoms with Gasteiger partial charge in [-0.25, -0.2) is 0 Å². The van der Waals surface area contributed by atoms with E-state index < -0.39 is 0 Å². The van der Waals surface area contributed by atoms with E-state index in [0.29, 0.717) is 25.2 Å². The minimum Gasteiger partial charge on any atom is -0.393 e. The van der Waals surface area contributed by atoms with Gasteiger partial charge in [-0.15, -0.1) is 0 Å². The first kappa shape index (κ1) is 9.93. The minimum absolute atomic E-state index is 0.0417. The summed E-state index contributed by atoms with van der Waals surface area (Å²) in [6.07, 6.45) is 3.98. The molecule has 2 aliphatic carbocycles. The number of aliphatic hydroxyl groups excluding tert-OH is 1. The van der Waals surface area contributed by atoms with Crippen LogP contribution in [0.2, 0.25) is 0 Å². The maximum atomic E-state index is 11.4. The topological polar surface area (TPSA) is 75.4 Å². The van der Waals surface area contributed by atoms with Gasteiger partial charge in [-0.1, -0.05) is 0 Å². The summed E-state index contributed by atoms with van der Waals surface area (Å²) in [4.78, 5) is 11.4. The van der Waals surface area contributed by atoms with Crippen LogP contribution in [-0.2, 0) is 4.79 Å². The van der Waals surface area contributed by atoms with Crippen LogP contribution in [-0.4, -0.2) is 29.2 Å². The Balaban J connectivity index is 1.63. The summed E-state index contributed by atoms with van der Waals surface area (Å²) in [5.74, 6) is 0.619. The molecule has 2 aliphatic rings. The van der Waals surface area contributed by atoms with E-state index in [9.17, 15) is 4.79 Å². The number of hydrogen-bond donors (Lipinski definition) is 3. The number of carbonyl (C=O) groups is 1. The van der Waals surface area contributed by atoms with Crippen LogP contribution in [0.1, 0.15) is 32.1 Å². The molecule has 0 aromatic carbocycles. The molecule has 4 nitrogen and oxygen atoms in total. The molecule has 4 heteroatoms. The number of aliphatic hydroxyl groups is 1. The van der Waals surface area contributed by atoms with Crippen molar-refractivity contribution in [2.75, 3.05) is 0 Å². The largest absolute Gasteiger partial charge is 0.393 e. The van der Waals surface area contributed by atoms with E-state index >= 15 is 0 Å². The van der Waals surface area contributed by atoms with Crippen molar-refractivity contribution in [2.45, 2.75) is 50.3 Å². The average Bonchev–Trinajstić information content (AvgIpc) is 2.82. The van der Waals surface area contributed by atoms with E-state index in [-0.39, 0.29) is 24.1 Å². The minimum atomic E-state index is -0.211. The quantitative estimate of drug-likeness (QED) is 0.583. The molecular weight excluding hydrogens is 180 g/mol. The molecule has 1 atom stereocenters. The molecule has 0 aromatic rings.